The van der Waals surface area contributed by atoms with Gasteiger partial charge in [-0.2, -0.15) is 0 Å². The summed E-state index contributed by atoms with van der Waals surface area (Å²) in [7, 11) is 3.44. The fraction of sp³-hybridized carbons (Fsp3) is 0.423. The van der Waals surface area contributed by atoms with Crippen LogP contribution in [0.1, 0.15) is 56.1 Å². The predicted octanol–water partition coefficient (Wildman–Crippen LogP) is 5.42. The maximum atomic E-state index is 6.36. The summed E-state index contributed by atoms with van der Waals surface area (Å²) < 4.78 is 17.4. The lowest BCUT2D eigenvalue weighted by atomic mass is 9.71. The molecule has 0 radical (unpaired) electrons. The summed E-state index contributed by atoms with van der Waals surface area (Å²) in [6.07, 6.45) is 13.3. The van der Waals surface area contributed by atoms with Gasteiger partial charge in [0.15, 0.2) is 11.5 Å². The minimum atomic E-state index is -0.286. The van der Waals surface area contributed by atoms with Crippen LogP contribution in [0.25, 0.3) is 0 Å². The number of rotatable bonds is 5. The van der Waals surface area contributed by atoms with Crippen molar-refractivity contribution in [1.82, 2.24) is 4.98 Å². The molecule has 1 unspecified atom stereocenters. The van der Waals surface area contributed by atoms with E-state index in [1.807, 2.05) is 18.2 Å². The Kier molecular flexibility index (Phi) is 6.28. The van der Waals surface area contributed by atoms with Crippen molar-refractivity contribution in [1.29, 1.82) is 0 Å². The molecular formula is C26H29NO3. The highest BCUT2D eigenvalue weighted by atomic mass is 16.5. The van der Waals surface area contributed by atoms with Crippen LogP contribution in [0, 0.1) is 11.8 Å². The molecule has 1 heterocycles. The summed E-state index contributed by atoms with van der Waals surface area (Å²) in [5, 5.41) is 0. The second-order valence-corrected chi connectivity index (χ2v) is 8.04. The lowest BCUT2D eigenvalue weighted by molar-refractivity contribution is 0.200. The van der Waals surface area contributed by atoms with Gasteiger partial charge in [0, 0.05) is 24.4 Å². The molecule has 4 heteroatoms. The second kappa shape index (κ2) is 9.26. The molecule has 1 aromatic heterocycles. The molecule has 1 aromatic carbocycles. The fourth-order valence-corrected chi connectivity index (χ4v) is 4.34. The predicted molar refractivity (Wildman–Crippen MR) is 118 cm³/mol. The smallest absolute Gasteiger partial charge is 0.161 e. The molecule has 0 saturated heterocycles. The van der Waals surface area contributed by atoms with Crippen molar-refractivity contribution < 1.29 is 14.2 Å². The van der Waals surface area contributed by atoms with Gasteiger partial charge in [-0.05, 0) is 74.4 Å². The zero-order valence-corrected chi connectivity index (χ0v) is 17.8. The lowest BCUT2D eigenvalue weighted by Crippen LogP contribution is -2.27. The Hall–Kier alpha value is -2.93. The highest BCUT2D eigenvalue weighted by molar-refractivity contribution is 5.50. The van der Waals surface area contributed by atoms with Crippen LogP contribution in [0.2, 0.25) is 0 Å². The Bertz CT molecular complexity index is 951. The SMILES string of the molecule is COC1=CCC(C#Cc2ccncc2)(c2ccc(OC)c(OC3CCCC3)c2)CC1. The molecular weight excluding hydrogens is 374 g/mol. The molecule has 1 saturated carbocycles. The molecule has 0 N–H and O–H groups in total. The molecule has 30 heavy (non-hydrogen) atoms. The largest absolute Gasteiger partial charge is 0.501 e. The number of hydrogen-bond donors (Lipinski definition) is 0. The van der Waals surface area contributed by atoms with Crippen molar-refractivity contribution >= 4 is 0 Å². The number of allylic oxidation sites excluding steroid dienone is 2. The summed E-state index contributed by atoms with van der Waals surface area (Å²) in [6.45, 7) is 0. The van der Waals surface area contributed by atoms with E-state index in [-0.39, 0.29) is 11.5 Å². The second-order valence-electron chi connectivity index (χ2n) is 8.04. The van der Waals surface area contributed by atoms with Gasteiger partial charge in [-0.15, -0.1) is 0 Å². The van der Waals surface area contributed by atoms with Crippen LogP contribution in [-0.2, 0) is 10.2 Å². The first kappa shape index (κ1) is 20.3. The van der Waals surface area contributed by atoms with Crippen LogP contribution >= 0.6 is 0 Å². The molecule has 156 valence electrons. The van der Waals surface area contributed by atoms with Gasteiger partial charge < -0.3 is 14.2 Å². The van der Waals surface area contributed by atoms with E-state index in [1.54, 1.807) is 26.6 Å². The number of nitrogens with zero attached hydrogens (tertiary/aromatic N) is 1. The first-order valence-electron chi connectivity index (χ1n) is 10.7. The zero-order chi connectivity index (χ0) is 20.8. The van der Waals surface area contributed by atoms with Crippen LogP contribution in [0.5, 0.6) is 11.5 Å². The van der Waals surface area contributed by atoms with E-state index in [4.69, 9.17) is 14.2 Å². The highest BCUT2D eigenvalue weighted by Crippen LogP contribution is 2.42. The fourth-order valence-electron chi connectivity index (χ4n) is 4.34. The van der Waals surface area contributed by atoms with E-state index in [0.29, 0.717) is 0 Å². The summed E-state index contributed by atoms with van der Waals surface area (Å²) in [6, 6.07) is 10.2. The summed E-state index contributed by atoms with van der Waals surface area (Å²) in [5.41, 5.74) is 1.86. The van der Waals surface area contributed by atoms with Crippen LogP contribution in [0.4, 0.5) is 0 Å². The number of ether oxygens (including phenoxy) is 3. The normalized spacial score (nSPS) is 21.3. The van der Waals surface area contributed by atoms with Crippen LogP contribution in [-0.4, -0.2) is 25.3 Å². The Morgan fingerprint density at radius 2 is 1.80 bits per heavy atom. The Labute approximate surface area is 179 Å². The lowest BCUT2D eigenvalue weighted by Gasteiger charge is -2.32. The Morgan fingerprint density at radius 3 is 2.47 bits per heavy atom. The minimum Gasteiger partial charge on any atom is -0.501 e. The monoisotopic (exact) mass is 403 g/mol. The molecule has 0 amide bonds. The summed E-state index contributed by atoms with van der Waals surface area (Å²) in [4.78, 5) is 4.09. The summed E-state index contributed by atoms with van der Waals surface area (Å²) in [5.74, 6) is 9.62. The van der Waals surface area contributed by atoms with Gasteiger partial charge in [-0.3, -0.25) is 4.98 Å². The number of methoxy groups -OCH3 is 2. The van der Waals surface area contributed by atoms with E-state index in [1.165, 1.54) is 18.4 Å². The van der Waals surface area contributed by atoms with Gasteiger partial charge in [0.05, 0.1) is 31.5 Å². The van der Waals surface area contributed by atoms with Gasteiger partial charge in [0.25, 0.3) is 0 Å². The summed E-state index contributed by atoms with van der Waals surface area (Å²) >= 11 is 0. The topological polar surface area (TPSA) is 40.6 Å². The van der Waals surface area contributed by atoms with Gasteiger partial charge in [0.1, 0.15) is 0 Å². The van der Waals surface area contributed by atoms with E-state index in [9.17, 15) is 0 Å². The molecule has 1 atom stereocenters. The third-order valence-electron chi connectivity index (χ3n) is 6.18. The van der Waals surface area contributed by atoms with Gasteiger partial charge in [-0.25, -0.2) is 0 Å². The molecule has 2 aliphatic rings. The average Bonchev–Trinajstić information content (AvgIpc) is 3.32. The molecule has 4 rings (SSSR count). The molecule has 4 nitrogen and oxygen atoms in total. The van der Waals surface area contributed by atoms with Crippen molar-refractivity contribution in [3.63, 3.8) is 0 Å². The number of pyridine rings is 1. The van der Waals surface area contributed by atoms with Crippen molar-refractivity contribution in [3.05, 3.63) is 65.7 Å². The minimum absolute atomic E-state index is 0.277. The van der Waals surface area contributed by atoms with E-state index in [0.717, 1.165) is 54.9 Å². The number of benzene rings is 1. The Balaban J connectivity index is 1.71. The molecule has 2 aliphatic carbocycles. The van der Waals surface area contributed by atoms with Gasteiger partial charge in [-0.1, -0.05) is 17.9 Å². The maximum absolute atomic E-state index is 6.36. The molecule has 0 spiro atoms. The standard InChI is InChI=1S/C26H29NO3/c1-28-22-10-15-26(16-11-22,14-9-20-12-17-27-18-13-20)21-7-8-24(29-2)25(19-21)30-23-5-3-4-6-23/h7-8,10,12-13,17-19,23H,3-6,11,15-16H2,1-2H3. The van der Waals surface area contributed by atoms with E-state index >= 15 is 0 Å². The van der Waals surface area contributed by atoms with Gasteiger partial charge >= 0.3 is 0 Å². The van der Waals surface area contributed by atoms with Crippen molar-refractivity contribution in [2.75, 3.05) is 14.2 Å². The molecule has 2 aromatic rings. The molecule has 0 bridgehead atoms. The third kappa shape index (κ3) is 4.46. The first-order chi connectivity index (χ1) is 14.7. The van der Waals surface area contributed by atoms with Crippen molar-refractivity contribution in [2.24, 2.45) is 0 Å². The van der Waals surface area contributed by atoms with Crippen LogP contribution in [0.3, 0.4) is 0 Å². The first-order valence-corrected chi connectivity index (χ1v) is 10.7. The third-order valence-corrected chi connectivity index (χ3v) is 6.18. The highest BCUT2D eigenvalue weighted by Gasteiger charge is 2.34. The van der Waals surface area contributed by atoms with Crippen LogP contribution < -0.4 is 9.47 Å². The van der Waals surface area contributed by atoms with Crippen molar-refractivity contribution in [2.45, 2.75) is 56.5 Å². The van der Waals surface area contributed by atoms with Crippen molar-refractivity contribution in [3.8, 4) is 23.3 Å². The number of aromatic nitrogens is 1. The zero-order valence-electron chi connectivity index (χ0n) is 17.8. The molecule has 1 fully saturated rings. The quantitative estimate of drug-likeness (QED) is 0.626. The van der Waals surface area contributed by atoms with E-state index in [2.05, 4.69) is 35.0 Å². The Morgan fingerprint density at radius 1 is 1.00 bits per heavy atom. The number of hydrogen-bond acceptors (Lipinski definition) is 4. The van der Waals surface area contributed by atoms with E-state index < -0.39 is 0 Å². The van der Waals surface area contributed by atoms with Gasteiger partial charge in [0.2, 0.25) is 0 Å². The molecule has 0 aliphatic heterocycles. The maximum Gasteiger partial charge on any atom is 0.161 e. The average molecular weight is 404 g/mol. The van der Waals surface area contributed by atoms with Crippen LogP contribution in [0.15, 0.2) is 54.6 Å².